The molecule has 2 heterocycles. The van der Waals surface area contributed by atoms with Crippen LogP contribution in [0.4, 0.5) is 0 Å². The molecule has 1 aromatic heterocycles. The normalized spacial score (nSPS) is 11.8. The minimum atomic E-state index is -0.483. The first kappa shape index (κ1) is 20.3. The summed E-state index contributed by atoms with van der Waals surface area (Å²) in [7, 11) is 1.50. The van der Waals surface area contributed by atoms with Crippen LogP contribution in [0.3, 0.4) is 0 Å². The van der Waals surface area contributed by atoms with E-state index in [9.17, 15) is 10.1 Å². The smallest absolute Gasteiger partial charge is 0.341 e. The average Bonchev–Trinajstić information content (AvgIpc) is 3.44. The summed E-state index contributed by atoms with van der Waals surface area (Å²) in [4.78, 5) is 12.3. The molecule has 1 aliphatic rings. The van der Waals surface area contributed by atoms with Gasteiger partial charge in [-0.1, -0.05) is 12.1 Å². The first-order valence-corrected chi connectivity index (χ1v) is 9.60. The van der Waals surface area contributed by atoms with Crippen LogP contribution in [0.2, 0.25) is 0 Å². The van der Waals surface area contributed by atoms with Crippen LogP contribution in [0.15, 0.2) is 48.8 Å². The van der Waals surface area contributed by atoms with E-state index in [2.05, 4.69) is 6.07 Å². The number of hydrogen-bond acceptors (Lipinski definition) is 7. The van der Waals surface area contributed by atoms with Crippen LogP contribution in [0.5, 0.6) is 17.2 Å². The Bertz CT molecular complexity index is 1160. The van der Waals surface area contributed by atoms with Crippen molar-refractivity contribution in [3.05, 3.63) is 59.9 Å². The molecule has 4 rings (SSSR count). The SMILES string of the molecule is CCOC(=O)c1ccc(-n2cc(C#N)c(-c3cccc4c3OCO4)c2)cc1OCOC. The number of carbonyl (C=O) groups excluding carboxylic acids is 1. The minimum Gasteiger partial charge on any atom is -0.467 e. The summed E-state index contributed by atoms with van der Waals surface area (Å²) in [6.07, 6.45) is 3.54. The van der Waals surface area contributed by atoms with Gasteiger partial charge >= 0.3 is 5.97 Å². The number of para-hydroxylation sites is 1. The van der Waals surface area contributed by atoms with Crippen molar-refractivity contribution in [3.8, 4) is 40.1 Å². The van der Waals surface area contributed by atoms with Crippen molar-refractivity contribution in [1.82, 2.24) is 4.57 Å². The molecule has 158 valence electrons. The van der Waals surface area contributed by atoms with Gasteiger partial charge in [0.2, 0.25) is 6.79 Å². The highest BCUT2D eigenvalue weighted by Crippen LogP contribution is 2.42. The van der Waals surface area contributed by atoms with Gasteiger partial charge in [-0.15, -0.1) is 0 Å². The van der Waals surface area contributed by atoms with E-state index in [1.165, 1.54) is 7.11 Å². The Morgan fingerprint density at radius 3 is 2.84 bits per heavy atom. The lowest BCUT2D eigenvalue weighted by molar-refractivity contribution is 0.0438. The lowest BCUT2D eigenvalue weighted by Gasteiger charge is -2.12. The van der Waals surface area contributed by atoms with Crippen molar-refractivity contribution < 1.29 is 28.5 Å². The van der Waals surface area contributed by atoms with Crippen molar-refractivity contribution in [2.24, 2.45) is 0 Å². The molecule has 1 aliphatic heterocycles. The standard InChI is InChI=1S/C23H20N2O6/c1-3-28-23(26)18-8-7-16(9-21(18)29-13-27-2)25-11-15(10-24)19(12-25)17-5-4-6-20-22(17)31-14-30-20/h4-9,11-12H,3,13-14H2,1-2H3. The zero-order valence-corrected chi connectivity index (χ0v) is 17.1. The molecule has 0 atom stereocenters. The summed E-state index contributed by atoms with van der Waals surface area (Å²) in [5.74, 6) is 1.09. The summed E-state index contributed by atoms with van der Waals surface area (Å²) in [6, 6.07) is 12.9. The molecule has 0 fully saturated rings. The van der Waals surface area contributed by atoms with E-state index < -0.39 is 5.97 Å². The van der Waals surface area contributed by atoms with E-state index in [-0.39, 0.29) is 20.2 Å². The predicted molar refractivity (Wildman–Crippen MR) is 111 cm³/mol. The fourth-order valence-electron chi connectivity index (χ4n) is 3.34. The van der Waals surface area contributed by atoms with Gasteiger partial charge in [0.25, 0.3) is 0 Å². The van der Waals surface area contributed by atoms with Gasteiger partial charge < -0.3 is 28.3 Å². The molecule has 0 bridgehead atoms. The Hall–Kier alpha value is -3.96. The summed E-state index contributed by atoms with van der Waals surface area (Å²) >= 11 is 0. The highest BCUT2D eigenvalue weighted by atomic mass is 16.7. The maximum Gasteiger partial charge on any atom is 0.341 e. The number of aromatic nitrogens is 1. The number of carbonyl (C=O) groups is 1. The minimum absolute atomic E-state index is 0.0241. The predicted octanol–water partition coefficient (Wildman–Crippen LogP) is 3.90. The summed E-state index contributed by atoms with van der Waals surface area (Å²) < 4.78 is 28.5. The van der Waals surface area contributed by atoms with E-state index in [1.807, 2.05) is 24.4 Å². The Kier molecular flexibility index (Phi) is 5.78. The number of nitriles is 1. The lowest BCUT2D eigenvalue weighted by atomic mass is 10.0. The van der Waals surface area contributed by atoms with Crippen LogP contribution in [0.1, 0.15) is 22.8 Å². The third kappa shape index (κ3) is 3.91. The number of rotatable bonds is 7. The van der Waals surface area contributed by atoms with Gasteiger partial charge in [-0.25, -0.2) is 4.79 Å². The average molecular weight is 420 g/mol. The van der Waals surface area contributed by atoms with Gasteiger partial charge in [-0.2, -0.15) is 5.26 Å². The van der Waals surface area contributed by atoms with Crippen molar-refractivity contribution in [3.63, 3.8) is 0 Å². The van der Waals surface area contributed by atoms with Crippen LogP contribution in [-0.4, -0.2) is 37.8 Å². The molecule has 8 heteroatoms. The zero-order valence-electron chi connectivity index (χ0n) is 17.1. The third-order valence-corrected chi connectivity index (χ3v) is 4.72. The number of hydrogen-bond donors (Lipinski definition) is 0. The van der Waals surface area contributed by atoms with E-state index in [0.29, 0.717) is 39.6 Å². The second-order valence-corrected chi connectivity index (χ2v) is 6.60. The maximum absolute atomic E-state index is 12.3. The van der Waals surface area contributed by atoms with Crippen molar-refractivity contribution in [2.75, 3.05) is 27.3 Å². The van der Waals surface area contributed by atoms with Crippen molar-refractivity contribution in [1.29, 1.82) is 5.26 Å². The molecule has 0 saturated carbocycles. The highest BCUT2D eigenvalue weighted by molar-refractivity contribution is 5.93. The molecule has 0 amide bonds. The molecule has 0 aliphatic carbocycles. The molecular formula is C23H20N2O6. The fraction of sp³-hybridized carbons (Fsp3) is 0.217. The molecule has 0 N–H and O–H groups in total. The number of fused-ring (bicyclic) bond motifs is 1. The number of methoxy groups -OCH3 is 1. The molecule has 0 unspecified atom stereocenters. The Balaban J connectivity index is 1.76. The number of ether oxygens (including phenoxy) is 5. The molecule has 31 heavy (non-hydrogen) atoms. The lowest BCUT2D eigenvalue weighted by Crippen LogP contribution is -2.10. The van der Waals surface area contributed by atoms with Crippen molar-refractivity contribution in [2.45, 2.75) is 6.92 Å². The Morgan fingerprint density at radius 1 is 1.19 bits per heavy atom. The molecule has 0 saturated heterocycles. The van der Waals surface area contributed by atoms with Gasteiger partial charge in [0.1, 0.15) is 17.4 Å². The van der Waals surface area contributed by atoms with Gasteiger partial charge in [-0.05, 0) is 25.1 Å². The second-order valence-electron chi connectivity index (χ2n) is 6.60. The first-order chi connectivity index (χ1) is 15.2. The monoisotopic (exact) mass is 420 g/mol. The third-order valence-electron chi connectivity index (χ3n) is 4.72. The van der Waals surface area contributed by atoms with Crippen molar-refractivity contribution >= 4 is 5.97 Å². The zero-order chi connectivity index (χ0) is 21.8. The summed E-state index contributed by atoms with van der Waals surface area (Å²) in [5, 5.41) is 9.70. The van der Waals surface area contributed by atoms with Gasteiger partial charge in [0, 0.05) is 42.4 Å². The molecule has 0 spiro atoms. The largest absolute Gasteiger partial charge is 0.467 e. The Labute approximate surface area is 179 Å². The molecule has 0 radical (unpaired) electrons. The quantitative estimate of drug-likeness (QED) is 0.423. The Morgan fingerprint density at radius 2 is 2.06 bits per heavy atom. The molecular weight excluding hydrogens is 400 g/mol. The van der Waals surface area contributed by atoms with Crippen LogP contribution in [0, 0.1) is 11.3 Å². The summed E-state index contributed by atoms with van der Waals surface area (Å²) in [5.41, 5.74) is 2.94. The van der Waals surface area contributed by atoms with E-state index in [4.69, 9.17) is 23.7 Å². The maximum atomic E-state index is 12.3. The van der Waals surface area contributed by atoms with Gasteiger partial charge in [-0.3, -0.25) is 0 Å². The molecule has 2 aromatic carbocycles. The second kappa shape index (κ2) is 8.81. The van der Waals surface area contributed by atoms with Crippen LogP contribution in [-0.2, 0) is 9.47 Å². The van der Waals surface area contributed by atoms with Crippen LogP contribution >= 0.6 is 0 Å². The van der Waals surface area contributed by atoms with E-state index in [1.54, 1.807) is 35.9 Å². The topological polar surface area (TPSA) is 91.9 Å². The van der Waals surface area contributed by atoms with Gasteiger partial charge in [0.15, 0.2) is 18.3 Å². The number of benzene rings is 2. The molecule has 3 aromatic rings. The number of nitrogens with zero attached hydrogens (tertiary/aromatic N) is 2. The first-order valence-electron chi connectivity index (χ1n) is 9.60. The van der Waals surface area contributed by atoms with Gasteiger partial charge in [0.05, 0.1) is 12.2 Å². The summed E-state index contributed by atoms with van der Waals surface area (Å²) in [6.45, 7) is 2.11. The van der Waals surface area contributed by atoms with Crippen LogP contribution in [0.25, 0.3) is 16.8 Å². The van der Waals surface area contributed by atoms with Crippen LogP contribution < -0.4 is 14.2 Å². The highest BCUT2D eigenvalue weighted by Gasteiger charge is 2.22. The van der Waals surface area contributed by atoms with E-state index in [0.717, 1.165) is 5.56 Å². The van der Waals surface area contributed by atoms with E-state index >= 15 is 0 Å². The fourth-order valence-corrected chi connectivity index (χ4v) is 3.34. The number of esters is 1. The molecule has 8 nitrogen and oxygen atoms in total.